The molecule has 2 rings (SSSR count). The van der Waals surface area contributed by atoms with Gasteiger partial charge in [0, 0.05) is 26.2 Å². The van der Waals surface area contributed by atoms with E-state index in [-0.39, 0.29) is 11.8 Å². The number of amides is 1. The summed E-state index contributed by atoms with van der Waals surface area (Å²) in [6.45, 7) is 11.6. The Balaban J connectivity index is 2.11. The number of hydrogen-bond donors (Lipinski definition) is 1. The molecule has 1 fully saturated rings. The molecule has 1 aliphatic rings. The van der Waals surface area contributed by atoms with Crippen LogP contribution in [0.2, 0.25) is 0 Å². The van der Waals surface area contributed by atoms with Gasteiger partial charge in [-0.1, -0.05) is 39.8 Å². The van der Waals surface area contributed by atoms with E-state index in [0.717, 1.165) is 31.9 Å². The van der Waals surface area contributed by atoms with Gasteiger partial charge in [0.15, 0.2) is 6.10 Å². The van der Waals surface area contributed by atoms with E-state index in [1.807, 2.05) is 36.9 Å². The van der Waals surface area contributed by atoms with Gasteiger partial charge in [-0.15, -0.1) is 0 Å². The highest BCUT2D eigenvalue weighted by atomic mass is 16.5. The van der Waals surface area contributed by atoms with Crippen LogP contribution in [-0.4, -0.2) is 43.1 Å². The Morgan fingerprint density at radius 1 is 1.18 bits per heavy atom. The first-order valence-electron chi connectivity index (χ1n) is 8.25. The van der Waals surface area contributed by atoms with Crippen molar-refractivity contribution in [2.24, 2.45) is 5.92 Å². The van der Waals surface area contributed by atoms with Gasteiger partial charge in [0.1, 0.15) is 5.75 Å². The van der Waals surface area contributed by atoms with Crippen LogP contribution in [0, 0.1) is 5.92 Å². The normalized spacial score (nSPS) is 16.9. The van der Waals surface area contributed by atoms with E-state index < -0.39 is 6.10 Å². The van der Waals surface area contributed by atoms with E-state index in [4.69, 9.17) is 4.74 Å². The molecule has 1 heterocycles. The minimum atomic E-state index is -0.416. The van der Waals surface area contributed by atoms with Crippen LogP contribution in [0.15, 0.2) is 24.3 Å². The molecule has 0 saturated carbocycles. The molecule has 4 heteroatoms. The van der Waals surface area contributed by atoms with Crippen molar-refractivity contribution in [3.05, 3.63) is 29.8 Å². The highest BCUT2D eigenvalue weighted by molar-refractivity contribution is 5.81. The van der Waals surface area contributed by atoms with Crippen LogP contribution in [0.5, 0.6) is 5.75 Å². The molecule has 0 bridgehead atoms. The molecule has 0 aliphatic carbocycles. The Hall–Kier alpha value is -1.55. The van der Waals surface area contributed by atoms with Gasteiger partial charge in [-0.2, -0.15) is 0 Å². The van der Waals surface area contributed by atoms with Crippen molar-refractivity contribution in [3.8, 4) is 5.75 Å². The number of nitrogens with one attached hydrogen (secondary N) is 1. The van der Waals surface area contributed by atoms with Crippen LogP contribution >= 0.6 is 0 Å². The lowest BCUT2D eigenvalue weighted by molar-refractivity contribution is -0.141. The number of carbonyl (C=O) groups excluding carboxylic acids is 1. The van der Waals surface area contributed by atoms with E-state index in [9.17, 15) is 4.79 Å². The monoisotopic (exact) mass is 304 g/mol. The molecule has 0 aromatic heterocycles. The van der Waals surface area contributed by atoms with E-state index in [2.05, 4.69) is 25.2 Å². The second kappa shape index (κ2) is 7.63. The van der Waals surface area contributed by atoms with Crippen molar-refractivity contribution in [3.63, 3.8) is 0 Å². The second-order valence-electron chi connectivity index (χ2n) is 6.58. The zero-order valence-electron chi connectivity index (χ0n) is 14.1. The van der Waals surface area contributed by atoms with Crippen molar-refractivity contribution in [1.82, 2.24) is 10.2 Å². The summed E-state index contributed by atoms with van der Waals surface area (Å²) in [5.74, 6) is 1.48. The van der Waals surface area contributed by atoms with Crippen LogP contribution in [0.3, 0.4) is 0 Å². The third-order valence-electron chi connectivity index (χ3n) is 4.07. The molecular weight excluding hydrogens is 276 g/mol. The van der Waals surface area contributed by atoms with E-state index >= 15 is 0 Å². The van der Waals surface area contributed by atoms with Crippen LogP contribution in [0.25, 0.3) is 0 Å². The maximum Gasteiger partial charge on any atom is 0.263 e. The number of piperazine rings is 1. The molecule has 4 nitrogen and oxygen atoms in total. The van der Waals surface area contributed by atoms with Gasteiger partial charge < -0.3 is 15.0 Å². The molecule has 1 saturated heterocycles. The molecule has 22 heavy (non-hydrogen) atoms. The largest absolute Gasteiger partial charge is 0.480 e. The molecule has 1 atom stereocenters. The molecule has 122 valence electrons. The summed E-state index contributed by atoms with van der Waals surface area (Å²) in [4.78, 5) is 14.6. The summed E-state index contributed by atoms with van der Waals surface area (Å²) in [6.07, 6.45) is -0.416. The van der Waals surface area contributed by atoms with Crippen LogP contribution in [-0.2, 0) is 4.79 Å². The summed E-state index contributed by atoms with van der Waals surface area (Å²) < 4.78 is 6.07. The Kier molecular flexibility index (Phi) is 5.83. The molecule has 1 unspecified atom stereocenters. The van der Waals surface area contributed by atoms with Crippen LogP contribution in [0.1, 0.15) is 39.2 Å². The lowest BCUT2D eigenvalue weighted by Gasteiger charge is -2.32. The lowest BCUT2D eigenvalue weighted by Crippen LogP contribution is -2.52. The van der Waals surface area contributed by atoms with Crippen molar-refractivity contribution in [1.29, 1.82) is 0 Å². The minimum Gasteiger partial charge on any atom is -0.480 e. The lowest BCUT2D eigenvalue weighted by atomic mass is 10.0. The number of hydrogen-bond acceptors (Lipinski definition) is 3. The van der Waals surface area contributed by atoms with Gasteiger partial charge in [0.05, 0.1) is 0 Å². The fraction of sp³-hybridized carbons (Fsp3) is 0.611. The summed E-state index contributed by atoms with van der Waals surface area (Å²) >= 11 is 0. The Morgan fingerprint density at radius 3 is 2.45 bits per heavy atom. The van der Waals surface area contributed by atoms with Gasteiger partial charge in [-0.3, -0.25) is 4.79 Å². The van der Waals surface area contributed by atoms with E-state index in [0.29, 0.717) is 5.92 Å². The summed E-state index contributed by atoms with van der Waals surface area (Å²) in [6, 6.07) is 8.08. The summed E-state index contributed by atoms with van der Waals surface area (Å²) in [5.41, 5.74) is 1.23. The number of ether oxygens (including phenoxy) is 1. The van der Waals surface area contributed by atoms with E-state index in [1.165, 1.54) is 5.56 Å². The highest BCUT2D eigenvalue weighted by Gasteiger charge is 2.29. The fourth-order valence-corrected chi connectivity index (χ4v) is 2.63. The summed E-state index contributed by atoms with van der Waals surface area (Å²) in [5, 5.41) is 3.27. The third-order valence-corrected chi connectivity index (χ3v) is 4.07. The van der Waals surface area contributed by atoms with Gasteiger partial charge >= 0.3 is 0 Å². The van der Waals surface area contributed by atoms with Gasteiger partial charge in [0.25, 0.3) is 5.91 Å². The number of carbonyl (C=O) groups is 1. The molecule has 0 spiro atoms. The maximum atomic E-state index is 12.7. The van der Waals surface area contributed by atoms with Gasteiger partial charge in [-0.25, -0.2) is 0 Å². The quantitative estimate of drug-likeness (QED) is 0.909. The zero-order valence-corrected chi connectivity index (χ0v) is 14.1. The molecule has 1 N–H and O–H groups in total. The molecule has 1 aromatic carbocycles. The van der Waals surface area contributed by atoms with Crippen molar-refractivity contribution >= 4 is 5.91 Å². The Bertz CT molecular complexity index is 494. The van der Waals surface area contributed by atoms with Crippen molar-refractivity contribution < 1.29 is 9.53 Å². The van der Waals surface area contributed by atoms with Gasteiger partial charge in [-0.05, 0) is 29.5 Å². The first-order valence-corrected chi connectivity index (χ1v) is 8.25. The highest BCUT2D eigenvalue weighted by Crippen LogP contribution is 2.23. The first-order chi connectivity index (χ1) is 10.5. The number of rotatable bonds is 5. The average Bonchev–Trinajstić information content (AvgIpc) is 2.53. The predicted molar refractivity (Wildman–Crippen MR) is 89.2 cm³/mol. The van der Waals surface area contributed by atoms with Crippen LogP contribution in [0.4, 0.5) is 0 Å². The molecule has 1 aromatic rings. The zero-order chi connectivity index (χ0) is 16.1. The van der Waals surface area contributed by atoms with E-state index in [1.54, 1.807) is 0 Å². The third kappa shape index (κ3) is 4.23. The smallest absolute Gasteiger partial charge is 0.263 e. The van der Waals surface area contributed by atoms with Crippen molar-refractivity contribution in [2.45, 2.75) is 39.7 Å². The SMILES string of the molecule is CC(C)c1cccc(OC(C(=O)N2CCNCC2)C(C)C)c1. The topological polar surface area (TPSA) is 41.6 Å². The van der Waals surface area contributed by atoms with Crippen LogP contribution < -0.4 is 10.1 Å². The van der Waals surface area contributed by atoms with Gasteiger partial charge in [0.2, 0.25) is 0 Å². The number of nitrogens with zero attached hydrogens (tertiary/aromatic N) is 1. The Morgan fingerprint density at radius 2 is 1.86 bits per heavy atom. The predicted octanol–water partition coefficient (Wildman–Crippen LogP) is 2.65. The minimum absolute atomic E-state index is 0.103. The summed E-state index contributed by atoms with van der Waals surface area (Å²) in [7, 11) is 0. The fourth-order valence-electron chi connectivity index (χ4n) is 2.63. The number of benzene rings is 1. The molecular formula is C18H28N2O2. The molecule has 1 aliphatic heterocycles. The standard InChI is InChI=1S/C18H28N2O2/c1-13(2)15-6-5-7-16(12-15)22-17(14(3)4)18(21)20-10-8-19-9-11-20/h5-7,12-14,17,19H,8-11H2,1-4H3. The first kappa shape index (κ1) is 16.8. The second-order valence-corrected chi connectivity index (χ2v) is 6.58. The molecule has 0 radical (unpaired) electrons. The maximum absolute atomic E-state index is 12.7. The Labute approximate surface area is 133 Å². The van der Waals surface area contributed by atoms with Crippen molar-refractivity contribution in [2.75, 3.05) is 26.2 Å². The molecule has 1 amide bonds. The average molecular weight is 304 g/mol.